The monoisotopic (exact) mass is 2040 g/mol. The number of hydrogen-bond donors (Lipinski definition) is 20. The van der Waals surface area contributed by atoms with Gasteiger partial charge < -0.3 is 206 Å². The van der Waals surface area contributed by atoms with Gasteiger partial charge in [-0.2, -0.15) is 0 Å². The Bertz CT molecular complexity index is 3120. The minimum absolute atomic E-state index is 0.00553. The van der Waals surface area contributed by atoms with Crippen molar-refractivity contribution >= 4 is 72.7 Å². The first kappa shape index (κ1) is 124. The number of ether oxygens (including phenoxy) is 22. The van der Waals surface area contributed by atoms with Gasteiger partial charge in [0.1, 0.15) is 73.2 Å². The number of imide groups is 1. The third-order valence-corrected chi connectivity index (χ3v) is 21.2. The predicted molar refractivity (Wildman–Crippen MR) is 456 cm³/mol. The number of rotatable bonds is 85. The minimum Gasteiger partial charge on any atom is -0.387 e. The van der Waals surface area contributed by atoms with Crippen LogP contribution in [0.1, 0.15) is 57.8 Å². The average Bonchev–Trinajstić information content (AvgIpc) is 1.83. The molecule has 4 heterocycles. The van der Waals surface area contributed by atoms with E-state index in [0.717, 1.165) is 4.90 Å². The minimum atomic E-state index is -4.93. The summed E-state index contributed by atoms with van der Waals surface area (Å²) in [6.45, 7) is 1.89. The van der Waals surface area contributed by atoms with E-state index in [1.807, 2.05) is 0 Å². The van der Waals surface area contributed by atoms with Gasteiger partial charge in [0.25, 0.3) is 0 Å². The van der Waals surface area contributed by atoms with Crippen molar-refractivity contribution in [3.63, 3.8) is 0 Å². The highest BCUT2D eigenvalue weighted by molar-refractivity contribution is 7.46. The molecule has 20 N–H and O–H groups in total. The molecule has 4 fully saturated rings. The Balaban J connectivity index is 1.23. The quantitative estimate of drug-likeness (QED) is 0.0116. The normalized spacial score (nSPS) is 23.9. The highest BCUT2D eigenvalue weighted by Gasteiger charge is 2.48. The highest BCUT2D eigenvalue weighted by Crippen LogP contribution is 2.40. The summed E-state index contributed by atoms with van der Waals surface area (Å²) in [6, 6.07) is 0. The Morgan fingerprint density at radius 3 is 0.779 bits per heavy atom. The second-order valence-corrected chi connectivity index (χ2v) is 34.0. The molecule has 4 aliphatic heterocycles. The summed E-state index contributed by atoms with van der Waals surface area (Å²) in [5, 5.41) is 106. The summed E-state index contributed by atoms with van der Waals surface area (Å²) in [6.07, 6.45) is -25.2. The van der Waals surface area contributed by atoms with Crippen LogP contribution in [-0.4, -0.2) is 511 Å². The number of carbonyl (C=O) groups is 7. The summed E-state index contributed by atoms with van der Waals surface area (Å²) < 4.78 is 167. The second-order valence-electron chi connectivity index (χ2n) is 30.2. The molecular weight excluding hydrogens is 1900 g/mol. The first-order chi connectivity index (χ1) is 65.0. The summed E-state index contributed by atoms with van der Waals surface area (Å²) in [7, 11) is -9.17. The van der Waals surface area contributed by atoms with Crippen LogP contribution in [-0.2, 0) is 165 Å². The van der Waals surface area contributed by atoms with Gasteiger partial charge in [0, 0.05) is 82.6 Å². The van der Waals surface area contributed by atoms with Crippen molar-refractivity contribution in [3.05, 3.63) is 0 Å². The first-order valence-corrected chi connectivity index (χ1v) is 48.8. The Morgan fingerprint density at radius 1 is 0.316 bits per heavy atom. The Kier molecular flexibility index (Phi) is 66.4. The number of phosphoric acid groups is 3. The SMILES string of the molecule is [B]C1CC(=O)N(CCC(=O)NCCOCCOCCOCCOCCC(=O)NC(CCC(=O)NCCOCCOCCOCCOCCOC2OC(COP(=O)(O)O)C(O)C(O)C2O)(CCC(=O)NCCOCCOCCOCCOCCOC2OC(COP(=O)(O)O)C(O)C(O)C2O)CCC(=O)NCCOCCOCCOCCOCCOC2OC(COP(=O)(O)O)C(O)C(O)C2O)C1=O. The number of nitrogens with zero attached hydrogens (tertiary/aromatic N) is 1. The van der Waals surface area contributed by atoms with Gasteiger partial charge in [0.05, 0.1) is 259 Å². The van der Waals surface area contributed by atoms with Crippen LogP contribution in [0.4, 0.5) is 0 Å². The lowest BCUT2D eigenvalue weighted by atomic mass is 9.83. The third-order valence-electron chi connectivity index (χ3n) is 19.7. The van der Waals surface area contributed by atoms with Crippen LogP contribution in [0, 0.1) is 0 Å². The fourth-order valence-electron chi connectivity index (χ4n) is 12.5. The average molecular weight is 2040 g/mol. The van der Waals surface area contributed by atoms with E-state index in [0.29, 0.717) is 0 Å². The van der Waals surface area contributed by atoms with Gasteiger partial charge in [0.15, 0.2) is 18.9 Å². The number of likely N-dealkylation sites (tertiary alicyclic amines) is 1. The van der Waals surface area contributed by atoms with Crippen molar-refractivity contribution in [2.75, 3.05) is 284 Å². The molecule has 0 saturated carbocycles. The van der Waals surface area contributed by atoms with Crippen LogP contribution in [0.3, 0.4) is 0 Å². The van der Waals surface area contributed by atoms with Gasteiger partial charge >= 0.3 is 23.5 Å². The molecule has 792 valence electrons. The number of hydrogen-bond acceptors (Lipinski definition) is 44. The molecule has 0 aromatic rings. The molecule has 56 nitrogen and oxygen atoms in total. The lowest BCUT2D eigenvalue weighted by Gasteiger charge is -2.40. The van der Waals surface area contributed by atoms with Crippen molar-refractivity contribution < 1.29 is 240 Å². The third kappa shape index (κ3) is 57.8. The molecule has 16 atom stereocenters. The maximum absolute atomic E-state index is 14.0. The molecule has 0 aromatic carbocycles. The maximum atomic E-state index is 14.0. The summed E-state index contributed by atoms with van der Waals surface area (Å²) in [5.41, 5.74) is -1.34. The van der Waals surface area contributed by atoms with Crippen LogP contribution in [0.15, 0.2) is 0 Å². The lowest BCUT2D eigenvalue weighted by molar-refractivity contribution is -0.301. The maximum Gasteiger partial charge on any atom is 0.469 e. The zero-order valence-corrected chi connectivity index (χ0v) is 78.6. The number of carbonyl (C=O) groups excluding carboxylic acids is 7. The zero-order chi connectivity index (χ0) is 99.8. The highest BCUT2D eigenvalue weighted by atomic mass is 31.2. The number of nitrogens with one attached hydrogen (secondary N) is 5. The smallest absolute Gasteiger partial charge is 0.387 e. The van der Waals surface area contributed by atoms with E-state index in [2.05, 4.69) is 40.2 Å². The van der Waals surface area contributed by atoms with E-state index in [4.69, 9.17) is 141 Å². The fourth-order valence-corrected chi connectivity index (χ4v) is 13.5. The second kappa shape index (κ2) is 72.8. The number of aliphatic hydroxyl groups excluding tert-OH is 9. The molecule has 0 spiro atoms. The van der Waals surface area contributed by atoms with Gasteiger partial charge in [-0.3, -0.25) is 52.0 Å². The Hall–Kier alpha value is -4.36. The first-order valence-electron chi connectivity index (χ1n) is 44.3. The number of aliphatic hydroxyl groups is 9. The van der Waals surface area contributed by atoms with E-state index in [9.17, 15) is 93.2 Å². The van der Waals surface area contributed by atoms with Crippen molar-refractivity contribution in [2.24, 2.45) is 0 Å². The lowest BCUT2D eigenvalue weighted by Crippen LogP contribution is -2.59. The molecule has 60 heteroatoms. The molecule has 4 aliphatic rings. The van der Waals surface area contributed by atoms with Gasteiger partial charge in [-0.25, -0.2) is 13.7 Å². The van der Waals surface area contributed by atoms with Crippen LogP contribution in [0.2, 0.25) is 5.82 Å². The molecule has 16 unspecified atom stereocenters. The molecule has 0 aliphatic carbocycles. The van der Waals surface area contributed by atoms with Crippen molar-refractivity contribution in [2.45, 2.75) is 161 Å². The fraction of sp³-hybridized carbons (Fsp3) is 0.908. The van der Waals surface area contributed by atoms with Crippen LogP contribution in [0.25, 0.3) is 0 Å². The van der Waals surface area contributed by atoms with E-state index in [1.165, 1.54) is 0 Å². The van der Waals surface area contributed by atoms with E-state index >= 15 is 0 Å². The van der Waals surface area contributed by atoms with Gasteiger partial charge in [0.2, 0.25) is 41.4 Å². The molecule has 4 saturated heterocycles. The molecule has 7 amide bonds. The topological polar surface area (TPSA) is 768 Å². The Morgan fingerprint density at radius 2 is 0.544 bits per heavy atom. The van der Waals surface area contributed by atoms with Crippen molar-refractivity contribution in [1.29, 1.82) is 0 Å². The van der Waals surface area contributed by atoms with Gasteiger partial charge in [-0.15, -0.1) is 0 Å². The van der Waals surface area contributed by atoms with Crippen LogP contribution < -0.4 is 26.6 Å². The van der Waals surface area contributed by atoms with Gasteiger partial charge in [-0.05, 0) is 19.3 Å². The predicted octanol–water partition coefficient (Wildman–Crippen LogP) is -9.79. The molecule has 0 aromatic heterocycles. The van der Waals surface area contributed by atoms with Gasteiger partial charge in [-0.1, -0.05) is 0 Å². The van der Waals surface area contributed by atoms with E-state index in [1.54, 1.807) is 0 Å². The number of amides is 7. The standard InChI is InChI=1S/C76H140BN6O50P3/c77-53-49-62(89)83(72(53)99)13-4-60(87)81-12-18-113-23-28-115-30-29-114-24-19-109-14-5-61(88)82-76(6-1-57(84)78-9-15-110-20-25-116-31-34-119-37-40-122-43-46-125-73-69(96)66(93)63(90)54(131-73)50-128-134(100,101)102,7-2-58(85)79-10-16-111-21-26-117-32-35-120-38-41-123-44-47-126-74-70(97)67(94)64(91)55(132-74)51-129-135(103,104)105)8-3-59(86)80-11-17-112-22-27-118-33-36-121-39-42-124-45-48-127-75-71(98)68(95)65(92)56(133-75)52-130-136(106,107)108/h53-56,63-71,73-75,90-98H,1-52H2,(H,78,84)(H,79,85)(H,80,86)(H,81,87)(H,82,88)(H2,100,101,102)(H2,103,104,105)(H2,106,107,108). The molecule has 2 radical (unpaired) electrons. The van der Waals surface area contributed by atoms with E-state index in [-0.39, 0.29) is 328 Å². The van der Waals surface area contributed by atoms with E-state index < -0.39 is 182 Å². The molecular formula is C76H140BN6O50P3. The van der Waals surface area contributed by atoms with Crippen molar-refractivity contribution in [3.8, 4) is 0 Å². The molecule has 4 rings (SSSR count). The molecule has 136 heavy (non-hydrogen) atoms. The summed E-state index contributed by atoms with van der Waals surface area (Å²) >= 11 is 0. The molecule has 0 bridgehead atoms. The largest absolute Gasteiger partial charge is 0.469 e. The Labute approximate surface area is 786 Å². The van der Waals surface area contributed by atoms with Crippen LogP contribution in [0.5, 0.6) is 0 Å². The summed E-state index contributed by atoms with van der Waals surface area (Å²) in [5.74, 6) is -4.03. The zero-order valence-electron chi connectivity index (χ0n) is 75.9. The summed E-state index contributed by atoms with van der Waals surface area (Å²) in [4.78, 5) is 146. The van der Waals surface area contributed by atoms with Crippen molar-refractivity contribution in [1.82, 2.24) is 31.5 Å². The van der Waals surface area contributed by atoms with Crippen LogP contribution >= 0.6 is 23.5 Å². The number of phosphoric ester groups is 3.